The van der Waals surface area contributed by atoms with E-state index in [1.165, 1.54) is 0 Å². The molecule has 0 unspecified atom stereocenters. The van der Waals surface area contributed by atoms with Gasteiger partial charge in [0, 0.05) is 26.4 Å². The fourth-order valence-corrected chi connectivity index (χ4v) is 2.51. The molecule has 4 nitrogen and oxygen atoms in total. The van der Waals surface area contributed by atoms with Gasteiger partial charge in [0.2, 0.25) is 0 Å². The average Bonchev–Trinajstić information content (AvgIpc) is 2.40. The highest BCUT2D eigenvalue weighted by molar-refractivity contribution is 9.10. The van der Waals surface area contributed by atoms with Crippen LogP contribution in [0, 0.1) is 0 Å². The zero-order chi connectivity index (χ0) is 14.7. The molecule has 0 radical (unpaired) electrons. The molecule has 3 N–H and O–H groups in total. The standard InChI is InChI=1S/C14H12Br2N2O2/c1-20-11-5-9(16)4-10(7-11)18-14(19)12-6-8(15)2-3-13(12)17/h2-7H,17H2,1H3,(H,18,19). The number of hydrogen-bond donors (Lipinski definition) is 2. The third-order valence-corrected chi connectivity index (χ3v) is 3.58. The summed E-state index contributed by atoms with van der Waals surface area (Å²) in [5.41, 5.74) is 7.28. The molecule has 0 saturated heterocycles. The molecule has 0 atom stereocenters. The number of nitrogens with one attached hydrogen (secondary N) is 1. The molecule has 0 aliphatic rings. The van der Waals surface area contributed by atoms with Crippen molar-refractivity contribution in [2.75, 3.05) is 18.2 Å². The van der Waals surface area contributed by atoms with E-state index in [-0.39, 0.29) is 5.91 Å². The highest BCUT2D eigenvalue weighted by atomic mass is 79.9. The van der Waals surface area contributed by atoms with Crippen molar-refractivity contribution < 1.29 is 9.53 Å². The maximum absolute atomic E-state index is 12.2. The minimum absolute atomic E-state index is 0.274. The molecule has 20 heavy (non-hydrogen) atoms. The molecule has 2 rings (SSSR count). The van der Waals surface area contributed by atoms with Crippen molar-refractivity contribution in [1.82, 2.24) is 0 Å². The SMILES string of the molecule is COc1cc(Br)cc(NC(=O)c2cc(Br)ccc2N)c1. The van der Waals surface area contributed by atoms with Crippen LogP contribution in [0.3, 0.4) is 0 Å². The molecule has 2 aromatic rings. The number of carbonyl (C=O) groups is 1. The summed E-state index contributed by atoms with van der Waals surface area (Å²) in [6.07, 6.45) is 0. The largest absolute Gasteiger partial charge is 0.497 e. The molecule has 0 heterocycles. The summed E-state index contributed by atoms with van der Waals surface area (Å²) in [6.45, 7) is 0. The fourth-order valence-electron chi connectivity index (χ4n) is 1.68. The van der Waals surface area contributed by atoms with E-state index in [4.69, 9.17) is 10.5 Å². The summed E-state index contributed by atoms with van der Waals surface area (Å²) in [5, 5.41) is 2.79. The lowest BCUT2D eigenvalue weighted by Gasteiger charge is -2.10. The van der Waals surface area contributed by atoms with Gasteiger partial charge in [0.25, 0.3) is 5.91 Å². The number of methoxy groups -OCH3 is 1. The number of hydrogen-bond acceptors (Lipinski definition) is 3. The van der Waals surface area contributed by atoms with Crippen LogP contribution >= 0.6 is 31.9 Å². The van der Waals surface area contributed by atoms with Gasteiger partial charge in [-0.1, -0.05) is 31.9 Å². The predicted octanol–water partition coefficient (Wildman–Crippen LogP) is 4.05. The lowest BCUT2D eigenvalue weighted by atomic mass is 10.1. The van der Waals surface area contributed by atoms with Crippen molar-refractivity contribution in [1.29, 1.82) is 0 Å². The van der Waals surface area contributed by atoms with Crippen molar-refractivity contribution >= 4 is 49.1 Å². The molecule has 1 amide bonds. The Balaban J connectivity index is 2.27. The Morgan fingerprint density at radius 3 is 2.60 bits per heavy atom. The molecular formula is C14H12Br2N2O2. The Labute approximate surface area is 133 Å². The number of rotatable bonds is 3. The van der Waals surface area contributed by atoms with Crippen molar-refractivity contribution in [3.63, 3.8) is 0 Å². The highest BCUT2D eigenvalue weighted by Gasteiger charge is 2.11. The second kappa shape index (κ2) is 6.28. The van der Waals surface area contributed by atoms with Gasteiger partial charge in [0.05, 0.1) is 12.7 Å². The number of ether oxygens (including phenoxy) is 1. The second-order valence-corrected chi connectivity index (χ2v) is 5.90. The molecule has 0 aliphatic heterocycles. The Morgan fingerprint density at radius 1 is 1.15 bits per heavy atom. The van der Waals surface area contributed by atoms with E-state index in [1.807, 2.05) is 6.07 Å². The molecule has 2 aromatic carbocycles. The van der Waals surface area contributed by atoms with Gasteiger partial charge in [-0.25, -0.2) is 0 Å². The van der Waals surface area contributed by atoms with E-state index in [9.17, 15) is 4.79 Å². The third-order valence-electron chi connectivity index (χ3n) is 2.62. The molecule has 0 aromatic heterocycles. The Hall–Kier alpha value is -1.53. The fraction of sp³-hybridized carbons (Fsp3) is 0.0714. The molecule has 0 saturated carbocycles. The summed E-state index contributed by atoms with van der Waals surface area (Å²) in [4.78, 5) is 12.2. The van der Waals surface area contributed by atoms with Crippen LogP contribution in [0.4, 0.5) is 11.4 Å². The van der Waals surface area contributed by atoms with Crippen molar-refractivity contribution in [2.24, 2.45) is 0 Å². The first-order chi connectivity index (χ1) is 9.49. The molecule has 6 heteroatoms. The van der Waals surface area contributed by atoms with E-state index < -0.39 is 0 Å². The summed E-state index contributed by atoms with van der Waals surface area (Å²) >= 11 is 6.68. The molecule has 0 fully saturated rings. The lowest BCUT2D eigenvalue weighted by Crippen LogP contribution is -2.14. The van der Waals surface area contributed by atoms with Gasteiger partial charge in [-0.2, -0.15) is 0 Å². The summed E-state index contributed by atoms with van der Waals surface area (Å²) in [5.74, 6) is 0.376. The summed E-state index contributed by atoms with van der Waals surface area (Å²) in [7, 11) is 1.57. The number of nitrogen functional groups attached to an aromatic ring is 1. The summed E-state index contributed by atoms with van der Waals surface area (Å²) < 4.78 is 6.76. The maximum Gasteiger partial charge on any atom is 0.257 e. The molecule has 104 valence electrons. The van der Waals surface area contributed by atoms with Gasteiger partial charge >= 0.3 is 0 Å². The normalized spacial score (nSPS) is 10.2. The Bertz CT molecular complexity index is 660. The topological polar surface area (TPSA) is 64.3 Å². The van der Waals surface area contributed by atoms with Gasteiger partial charge in [0.1, 0.15) is 5.75 Å². The van der Waals surface area contributed by atoms with E-state index in [0.717, 1.165) is 8.95 Å². The van der Waals surface area contributed by atoms with Crippen molar-refractivity contribution in [2.45, 2.75) is 0 Å². The van der Waals surface area contributed by atoms with E-state index in [0.29, 0.717) is 22.7 Å². The van der Waals surface area contributed by atoms with Gasteiger partial charge < -0.3 is 15.8 Å². The van der Waals surface area contributed by atoms with Gasteiger partial charge in [0.15, 0.2) is 0 Å². The minimum atomic E-state index is -0.274. The number of nitrogens with two attached hydrogens (primary N) is 1. The Morgan fingerprint density at radius 2 is 1.90 bits per heavy atom. The van der Waals surface area contributed by atoms with Crippen molar-refractivity contribution in [3.05, 3.63) is 50.9 Å². The summed E-state index contributed by atoms with van der Waals surface area (Å²) in [6, 6.07) is 10.5. The van der Waals surface area contributed by atoms with Crippen LogP contribution in [-0.2, 0) is 0 Å². The van der Waals surface area contributed by atoms with Crippen LogP contribution in [0.5, 0.6) is 5.75 Å². The molecule has 0 spiro atoms. The van der Waals surface area contributed by atoms with Crippen molar-refractivity contribution in [3.8, 4) is 5.75 Å². The maximum atomic E-state index is 12.2. The van der Waals surface area contributed by atoms with Crippen LogP contribution in [0.1, 0.15) is 10.4 Å². The van der Waals surface area contributed by atoms with Crippen LogP contribution in [0.25, 0.3) is 0 Å². The first-order valence-electron chi connectivity index (χ1n) is 5.70. The quantitative estimate of drug-likeness (QED) is 0.765. The average molecular weight is 400 g/mol. The predicted molar refractivity (Wildman–Crippen MR) is 87.2 cm³/mol. The molecular weight excluding hydrogens is 388 g/mol. The Kier molecular flexibility index (Phi) is 4.67. The third kappa shape index (κ3) is 3.52. The zero-order valence-electron chi connectivity index (χ0n) is 10.6. The minimum Gasteiger partial charge on any atom is -0.497 e. The number of anilines is 2. The van der Waals surface area contributed by atoms with E-state index in [1.54, 1.807) is 37.4 Å². The first kappa shape index (κ1) is 14.9. The monoisotopic (exact) mass is 398 g/mol. The second-order valence-electron chi connectivity index (χ2n) is 4.07. The van der Waals surface area contributed by atoms with Crippen LogP contribution < -0.4 is 15.8 Å². The van der Waals surface area contributed by atoms with Gasteiger partial charge in [-0.3, -0.25) is 4.79 Å². The van der Waals surface area contributed by atoms with Crippen LogP contribution in [0.2, 0.25) is 0 Å². The lowest BCUT2D eigenvalue weighted by molar-refractivity contribution is 0.102. The number of amides is 1. The van der Waals surface area contributed by atoms with Crippen LogP contribution in [0.15, 0.2) is 45.3 Å². The first-order valence-corrected chi connectivity index (χ1v) is 7.29. The molecule has 0 bridgehead atoms. The zero-order valence-corrected chi connectivity index (χ0v) is 13.8. The van der Waals surface area contributed by atoms with Gasteiger partial charge in [-0.05, 0) is 30.3 Å². The van der Waals surface area contributed by atoms with Crippen LogP contribution in [-0.4, -0.2) is 13.0 Å². The highest BCUT2D eigenvalue weighted by Crippen LogP contribution is 2.26. The van der Waals surface area contributed by atoms with E-state index >= 15 is 0 Å². The number of carbonyl (C=O) groups excluding carboxylic acids is 1. The number of halogens is 2. The van der Waals surface area contributed by atoms with Gasteiger partial charge in [-0.15, -0.1) is 0 Å². The number of benzene rings is 2. The van der Waals surface area contributed by atoms with E-state index in [2.05, 4.69) is 37.2 Å². The smallest absolute Gasteiger partial charge is 0.257 e. The molecule has 0 aliphatic carbocycles.